The van der Waals surface area contributed by atoms with Crippen molar-refractivity contribution in [3.8, 4) is 0 Å². The van der Waals surface area contributed by atoms with Crippen molar-refractivity contribution in [2.45, 2.75) is 38.3 Å². The van der Waals surface area contributed by atoms with E-state index in [1.165, 1.54) is 4.40 Å². The highest BCUT2D eigenvalue weighted by atomic mass is 16.2. The Balaban J connectivity index is 1.57. The van der Waals surface area contributed by atoms with Gasteiger partial charge in [0.25, 0.3) is 5.56 Å². The lowest BCUT2D eigenvalue weighted by atomic mass is 9.98. The van der Waals surface area contributed by atoms with E-state index in [-0.39, 0.29) is 17.5 Å². The standard InChI is InChI=1S/C17H20N6O2/c24-15(4-8-21-9-5-18-12-21)22-7-2-1-3-14(22)13-11-16(25)23-10-6-19-17(23)20-13/h5-6,9-12,14H,1-4,7-8H2,(H,19,20)/t14-/m0/s1. The van der Waals surface area contributed by atoms with Gasteiger partial charge in [-0.3, -0.25) is 14.0 Å². The highest BCUT2D eigenvalue weighted by Crippen LogP contribution is 2.30. The first-order chi connectivity index (χ1) is 12.2. The van der Waals surface area contributed by atoms with Crippen molar-refractivity contribution in [3.63, 3.8) is 0 Å². The molecule has 0 aromatic carbocycles. The number of rotatable bonds is 4. The maximum atomic E-state index is 12.8. The molecule has 25 heavy (non-hydrogen) atoms. The van der Waals surface area contributed by atoms with E-state index < -0.39 is 0 Å². The van der Waals surface area contributed by atoms with Crippen LogP contribution in [-0.4, -0.2) is 41.3 Å². The van der Waals surface area contributed by atoms with Gasteiger partial charge in [0, 0.05) is 56.1 Å². The van der Waals surface area contributed by atoms with E-state index in [9.17, 15) is 9.59 Å². The van der Waals surface area contributed by atoms with E-state index in [0.29, 0.717) is 18.7 Å². The number of piperidine rings is 1. The molecule has 1 aliphatic heterocycles. The number of hydrogen-bond donors (Lipinski definition) is 1. The van der Waals surface area contributed by atoms with Gasteiger partial charge >= 0.3 is 0 Å². The second-order valence-electron chi connectivity index (χ2n) is 6.33. The first-order valence-electron chi connectivity index (χ1n) is 8.54. The maximum Gasteiger partial charge on any atom is 0.259 e. The molecule has 0 unspecified atom stereocenters. The van der Waals surface area contributed by atoms with Gasteiger partial charge in [-0.1, -0.05) is 0 Å². The van der Waals surface area contributed by atoms with Crippen LogP contribution in [0.4, 0.5) is 0 Å². The summed E-state index contributed by atoms with van der Waals surface area (Å²) in [5, 5.41) is 0. The molecule has 8 nitrogen and oxygen atoms in total. The van der Waals surface area contributed by atoms with Crippen LogP contribution in [0.15, 0.2) is 42.0 Å². The van der Waals surface area contributed by atoms with Crippen LogP contribution in [-0.2, 0) is 11.3 Å². The Labute approximate surface area is 144 Å². The quantitative estimate of drug-likeness (QED) is 0.777. The molecule has 4 heterocycles. The van der Waals surface area contributed by atoms with Gasteiger partial charge in [0.05, 0.1) is 12.4 Å². The molecule has 0 saturated carbocycles. The van der Waals surface area contributed by atoms with Crippen LogP contribution in [0.1, 0.15) is 37.4 Å². The molecular formula is C17H20N6O2. The van der Waals surface area contributed by atoms with Crippen molar-refractivity contribution < 1.29 is 4.79 Å². The third kappa shape index (κ3) is 3.07. The molecular weight excluding hydrogens is 320 g/mol. The molecule has 3 aromatic rings. The molecule has 130 valence electrons. The van der Waals surface area contributed by atoms with Gasteiger partial charge in [-0.15, -0.1) is 0 Å². The smallest absolute Gasteiger partial charge is 0.259 e. The van der Waals surface area contributed by atoms with Crippen LogP contribution in [0, 0.1) is 0 Å². The van der Waals surface area contributed by atoms with Crippen molar-refractivity contribution in [1.29, 1.82) is 0 Å². The van der Waals surface area contributed by atoms with E-state index in [4.69, 9.17) is 0 Å². The first kappa shape index (κ1) is 15.6. The summed E-state index contributed by atoms with van der Waals surface area (Å²) in [6.45, 7) is 1.33. The zero-order chi connectivity index (χ0) is 17.2. The minimum atomic E-state index is -0.127. The number of aromatic amines is 1. The Kier molecular flexibility index (Phi) is 4.09. The van der Waals surface area contributed by atoms with Crippen LogP contribution in [0.25, 0.3) is 5.78 Å². The number of imidazole rings is 2. The fraction of sp³-hybridized carbons (Fsp3) is 0.412. The number of aromatic nitrogens is 5. The lowest BCUT2D eigenvalue weighted by Gasteiger charge is -2.35. The van der Waals surface area contributed by atoms with Crippen molar-refractivity contribution in [1.82, 2.24) is 28.8 Å². The first-order valence-corrected chi connectivity index (χ1v) is 8.54. The lowest BCUT2D eigenvalue weighted by molar-refractivity contribution is -0.135. The summed E-state index contributed by atoms with van der Waals surface area (Å²) in [4.78, 5) is 38.3. The van der Waals surface area contributed by atoms with E-state index in [0.717, 1.165) is 31.5 Å². The summed E-state index contributed by atoms with van der Waals surface area (Å²) >= 11 is 0. The lowest BCUT2D eigenvalue weighted by Crippen LogP contribution is -2.39. The average Bonchev–Trinajstić information content (AvgIpc) is 3.31. The van der Waals surface area contributed by atoms with Crippen molar-refractivity contribution in [3.05, 3.63) is 53.2 Å². The van der Waals surface area contributed by atoms with Crippen LogP contribution in [0.5, 0.6) is 0 Å². The van der Waals surface area contributed by atoms with Gasteiger partial charge in [0.1, 0.15) is 0 Å². The molecule has 1 saturated heterocycles. The summed E-state index contributed by atoms with van der Waals surface area (Å²) in [7, 11) is 0. The number of fused-ring (bicyclic) bond motifs is 1. The topological polar surface area (TPSA) is 88.3 Å². The maximum absolute atomic E-state index is 12.8. The number of carbonyl (C=O) groups excluding carboxylic acids is 1. The normalized spacial score (nSPS) is 17.9. The highest BCUT2D eigenvalue weighted by molar-refractivity contribution is 5.76. The third-order valence-corrected chi connectivity index (χ3v) is 4.74. The molecule has 0 radical (unpaired) electrons. The Morgan fingerprint density at radius 3 is 3.04 bits per heavy atom. The summed E-state index contributed by atoms with van der Waals surface area (Å²) in [6, 6.07) is 1.49. The van der Waals surface area contributed by atoms with Gasteiger partial charge in [0.15, 0.2) is 0 Å². The number of H-pyrrole nitrogens is 1. The van der Waals surface area contributed by atoms with Crippen molar-refractivity contribution in [2.24, 2.45) is 0 Å². The van der Waals surface area contributed by atoms with E-state index in [1.54, 1.807) is 31.0 Å². The largest absolute Gasteiger partial charge is 0.337 e. The van der Waals surface area contributed by atoms with Crippen LogP contribution < -0.4 is 5.56 Å². The number of nitrogens with one attached hydrogen (secondary N) is 1. The molecule has 1 aliphatic rings. The Hall–Kier alpha value is -2.90. The number of amides is 1. The number of nitrogens with zero attached hydrogens (tertiary/aromatic N) is 5. The minimum Gasteiger partial charge on any atom is -0.337 e. The Morgan fingerprint density at radius 1 is 1.28 bits per heavy atom. The SMILES string of the molecule is O=C(CCn1ccnc1)N1CCCC[C@H]1c1cc(=O)n2ccnc2[nH]1. The Bertz CT molecular complexity index is 926. The predicted octanol–water partition coefficient (Wildman–Crippen LogP) is 1.36. The summed E-state index contributed by atoms with van der Waals surface area (Å²) in [6.07, 6.45) is 11.8. The average molecular weight is 340 g/mol. The molecule has 1 fully saturated rings. The van der Waals surface area contributed by atoms with Crippen LogP contribution in [0.2, 0.25) is 0 Å². The molecule has 1 atom stereocenters. The number of likely N-dealkylation sites (tertiary alicyclic amines) is 1. The van der Waals surface area contributed by atoms with E-state index in [2.05, 4.69) is 15.0 Å². The number of carbonyl (C=O) groups is 1. The van der Waals surface area contributed by atoms with Gasteiger partial charge in [-0.2, -0.15) is 0 Å². The zero-order valence-corrected chi connectivity index (χ0v) is 13.8. The molecule has 1 N–H and O–H groups in total. The summed E-state index contributed by atoms with van der Waals surface area (Å²) in [5.41, 5.74) is 0.636. The molecule has 1 amide bonds. The van der Waals surface area contributed by atoms with Gasteiger partial charge in [-0.25, -0.2) is 9.97 Å². The van der Waals surface area contributed by atoms with E-state index >= 15 is 0 Å². The minimum absolute atomic E-state index is 0.0987. The molecule has 3 aromatic heterocycles. The van der Waals surface area contributed by atoms with Crippen molar-refractivity contribution >= 4 is 11.7 Å². The molecule has 0 aliphatic carbocycles. The molecule has 8 heteroatoms. The second-order valence-corrected chi connectivity index (χ2v) is 6.33. The third-order valence-electron chi connectivity index (χ3n) is 4.74. The number of hydrogen-bond acceptors (Lipinski definition) is 4. The Morgan fingerprint density at radius 2 is 2.20 bits per heavy atom. The monoisotopic (exact) mass is 340 g/mol. The summed E-state index contributed by atoms with van der Waals surface area (Å²) in [5.74, 6) is 0.612. The molecule has 4 rings (SSSR count). The number of aryl methyl sites for hydroxylation is 1. The van der Waals surface area contributed by atoms with Crippen molar-refractivity contribution in [2.75, 3.05) is 6.54 Å². The second kappa shape index (κ2) is 6.54. The van der Waals surface area contributed by atoms with Gasteiger partial charge in [-0.05, 0) is 19.3 Å². The van der Waals surface area contributed by atoms with Crippen LogP contribution >= 0.6 is 0 Å². The zero-order valence-electron chi connectivity index (χ0n) is 13.8. The van der Waals surface area contributed by atoms with Crippen LogP contribution in [0.3, 0.4) is 0 Å². The molecule has 0 spiro atoms. The van der Waals surface area contributed by atoms with E-state index in [1.807, 2.05) is 15.7 Å². The predicted molar refractivity (Wildman–Crippen MR) is 91.0 cm³/mol. The fourth-order valence-corrected chi connectivity index (χ4v) is 3.46. The van der Waals surface area contributed by atoms with Gasteiger partial charge in [0.2, 0.25) is 11.7 Å². The molecule has 0 bridgehead atoms. The fourth-order valence-electron chi connectivity index (χ4n) is 3.46. The van der Waals surface area contributed by atoms with Gasteiger partial charge < -0.3 is 14.5 Å². The highest BCUT2D eigenvalue weighted by Gasteiger charge is 2.28. The summed E-state index contributed by atoms with van der Waals surface area (Å²) < 4.78 is 3.37.